The Morgan fingerprint density at radius 1 is 1.29 bits per heavy atom. The first kappa shape index (κ1) is 9.32. The Balaban J connectivity index is 2.49. The van der Waals surface area contributed by atoms with Crippen LogP contribution in [0.3, 0.4) is 0 Å². The highest BCUT2D eigenvalue weighted by Gasteiger charge is 2.02. The number of rotatable bonds is 1. The minimum atomic E-state index is 0.619. The van der Waals surface area contributed by atoms with E-state index in [9.17, 15) is 0 Å². The monoisotopic (exact) mass is 217 g/mol. The van der Waals surface area contributed by atoms with Crippen LogP contribution in [0.25, 0.3) is 10.4 Å². The highest BCUT2D eigenvalue weighted by Crippen LogP contribution is 2.27. The largest absolute Gasteiger partial charge is 0.192 e. The van der Waals surface area contributed by atoms with Gasteiger partial charge in [-0.05, 0) is 29.1 Å². The molecule has 2 rings (SSSR count). The molecule has 0 unspecified atom stereocenters. The molecule has 0 amide bonds. The fraction of sp³-hybridized carbons (Fsp3) is 0. The maximum absolute atomic E-state index is 8.74. The number of nitrogens with zero attached hydrogens (tertiary/aromatic N) is 1. The number of hydrogen-bond donors (Lipinski definition) is 1. The molecule has 0 aliphatic heterocycles. The number of nitriles is 1. The highest BCUT2D eigenvalue weighted by molar-refractivity contribution is 7.80. The first-order valence-electron chi connectivity index (χ1n) is 4.08. The summed E-state index contributed by atoms with van der Waals surface area (Å²) in [6.45, 7) is 0. The van der Waals surface area contributed by atoms with Gasteiger partial charge < -0.3 is 0 Å². The molecular formula is C11H7NS2. The Labute approximate surface area is 92.0 Å². The highest BCUT2D eigenvalue weighted by atomic mass is 32.1. The topological polar surface area (TPSA) is 23.8 Å². The Bertz CT molecular complexity index is 480. The summed E-state index contributed by atoms with van der Waals surface area (Å²) >= 11 is 5.94. The molecule has 1 nitrogen and oxygen atoms in total. The molecule has 68 valence electrons. The van der Waals surface area contributed by atoms with Gasteiger partial charge in [-0.3, -0.25) is 0 Å². The molecule has 1 aromatic carbocycles. The third-order valence-corrected chi connectivity index (χ3v) is 3.21. The molecule has 1 heterocycles. The summed E-state index contributed by atoms with van der Waals surface area (Å²) in [7, 11) is 0. The van der Waals surface area contributed by atoms with Crippen LogP contribution in [0, 0.1) is 11.3 Å². The first-order valence-corrected chi connectivity index (χ1v) is 5.41. The molecule has 14 heavy (non-hydrogen) atoms. The van der Waals surface area contributed by atoms with Crippen molar-refractivity contribution in [3.63, 3.8) is 0 Å². The molecule has 0 N–H and O–H groups in total. The Morgan fingerprint density at radius 3 is 2.71 bits per heavy atom. The lowest BCUT2D eigenvalue weighted by Crippen LogP contribution is -1.79. The summed E-state index contributed by atoms with van der Waals surface area (Å²) in [6.07, 6.45) is 0. The number of thiol groups is 1. The van der Waals surface area contributed by atoms with Crippen molar-refractivity contribution >= 4 is 24.0 Å². The lowest BCUT2D eigenvalue weighted by Gasteiger charge is -2.00. The molecule has 0 aliphatic carbocycles. The van der Waals surface area contributed by atoms with Crippen LogP contribution in [0.2, 0.25) is 0 Å². The fourth-order valence-corrected chi connectivity index (χ4v) is 2.21. The van der Waals surface area contributed by atoms with E-state index in [0.717, 1.165) is 10.5 Å². The van der Waals surface area contributed by atoms with Crippen molar-refractivity contribution in [2.24, 2.45) is 0 Å². The molecule has 0 atom stereocenters. The van der Waals surface area contributed by atoms with Crippen molar-refractivity contribution in [2.75, 3.05) is 0 Å². The summed E-state index contributed by atoms with van der Waals surface area (Å²) in [5.74, 6) is 0. The zero-order valence-corrected chi connectivity index (χ0v) is 8.98. The van der Waals surface area contributed by atoms with Gasteiger partial charge in [-0.15, -0.1) is 24.0 Å². The lowest BCUT2D eigenvalue weighted by atomic mass is 10.1. The average Bonchev–Trinajstić information content (AvgIpc) is 2.70. The van der Waals surface area contributed by atoms with Gasteiger partial charge in [0.25, 0.3) is 0 Å². The van der Waals surface area contributed by atoms with E-state index < -0.39 is 0 Å². The van der Waals surface area contributed by atoms with E-state index in [0.29, 0.717) is 5.56 Å². The van der Waals surface area contributed by atoms with E-state index in [1.54, 1.807) is 17.4 Å². The Morgan fingerprint density at radius 2 is 2.14 bits per heavy atom. The first-order chi connectivity index (χ1) is 6.81. The maximum Gasteiger partial charge on any atom is 0.100 e. The van der Waals surface area contributed by atoms with Gasteiger partial charge >= 0.3 is 0 Å². The van der Waals surface area contributed by atoms with Crippen LogP contribution in [-0.2, 0) is 0 Å². The van der Waals surface area contributed by atoms with Gasteiger partial charge in [-0.1, -0.05) is 12.1 Å². The van der Waals surface area contributed by atoms with E-state index in [-0.39, 0.29) is 0 Å². The molecule has 0 fully saturated rings. The average molecular weight is 217 g/mol. The van der Waals surface area contributed by atoms with Crippen LogP contribution in [-0.4, -0.2) is 0 Å². The molecule has 0 bridgehead atoms. The van der Waals surface area contributed by atoms with Crippen LogP contribution >= 0.6 is 24.0 Å². The number of benzene rings is 1. The van der Waals surface area contributed by atoms with Gasteiger partial charge in [-0.2, -0.15) is 5.26 Å². The zero-order valence-electron chi connectivity index (χ0n) is 7.27. The molecule has 0 radical (unpaired) electrons. The molecule has 2 aromatic rings. The molecule has 1 aromatic heterocycles. The zero-order chi connectivity index (χ0) is 9.97. The standard InChI is InChI=1S/C11H7NS2/c12-7-9-4-3-8(6-10(9)13)11-2-1-5-14-11/h1-6,13H. The number of thiophene rings is 1. The Hall–Kier alpha value is -1.24. The van der Waals surface area contributed by atoms with Crippen LogP contribution < -0.4 is 0 Å². The fourth-order valence-electron chi connectivity index (χ4n) is 1.22. The molecule has 0 saturated carbocycles. The number of hydrogen-bond acceptors (Lipinski definition) is 3. The Kier molecular flexibility index (Phi) is 2.58. The maximum atomic E-state index is 8.74. The van der Waals surface area contributed by atoms with Crippen LogP contribution in [0.1, 0.15) is 5.56 Å². The predicted molar refractivity (Wildman–Crippen MR) is 61.7 cm³/mol. The van der Waals surface area contributed by atoms with Gasteiger partial charge in [-0.25, -0.2) is 0 Å². The lowest BCUT2D eigenvalue weighted by molar-refractivity contribution is 1.38. The van der Waals surface area contributed by atoms with Crippen molar-refractivity contribution in [1.29, 1.82) is 5.26 Å². The van der Waals surface area contributed by atoms with E-state index in [1.807, 2.05) is 23.6 Å². The van der Waals surface area contributed by atoms with Crippen molar-refractivity contribution in [2.45, 2.75) is 4.90 Å². The predicted octanol–water partition coefficient (Wildman–Crippen LogP) is 3.58. The molecule has 3 heteroatoms. The van der Waals surface area contributed by atoms with Crippen LogP contribution in [0.4, 0.5) is 0 Å². The summed E-state index contributed by atoms with van der Waals surface area (Å²) in [5, 5.41) is 10.8. The van der Waals surface area contributed by atoms with E-state index in [2.05, 4.69) is 24.8 Å². The van der Waals surface area contributed by atoms with Crippen molar-refractivity contribution in [3.8, 4) is 16.5 Å². The third-order valence-electron chi connectivity index (χ3n) is 1.92. The van der Waals surface area contributed by atoms with E-state index in [1.165, 1.54) is 4.88 Å². The van der Waals surface area contributed by atoms with Crippen molar-refractivity contribution in [3.05, 3.63) is 41.3 Å². The minimum absolute atomic E-state index is 0.619. The van der Waals surface area contributed by atoms with Crippen LogP contribution in [0.15, 0.2) is 40.6 Å². The molecule has 0 spiro atoms. The van der Waals surface area contributed by atoms with Gasteiger partial charge in [0.15, 0.2) is 0 Å². The molecular weight excluding hydrogens is 210 g/mol. The second kappa shape index (κ2) is 3.87. The van der Waals surface area contributed by atoms with Gasteiger partial charge in [0.05, 0.1) is 5.56 Å². The van der Waals surface area contributed by atoms with Gasteiger partial charge in [0.1, 0.15) is 6.07 Å². The van der Waals surface area contributed by atoms with Crippen LogP contribution in [0.5, 0.6) is 0 Å². The summed E-state index contributed by atoms with van der Waals surface area (Å²) in [4.78, 5) is 1.93. The SMILES string of the molecule is N#Cc1ccc(-c2cccs2)cc1S. The van der Waals surface area contributed by atoms with Crippen molar-refractivity contribution < 1.29 is 0 Å². The molecule has 0 saturated heterocycles. The van der Waals surface area contributed by atoms with E-state index >= 15 is 0 Å². The third kappa shape index (κ3) is 1.67. The minimum Gasteiger partial charge on any atom is -0.192 e. The second-order valence-corrected chi connectivity index (χ2v) is 4.25. The summed E-state index contributed by atoms with van der Waals surface area (Å²) < 4.78 is 0. The summed E-state index contributed by atoms with van der Waals surface area (Å²) in [5.41, 5.74) is 1.73. The second-order valence-electron chi connectivity index (χ2n) is 2.82. The van der Waals surface area contributed by atoms with Gasteiger partial charge in [0, 0.05) is 9.77 Å². The van der Waals surface area contributed by atoms with E-state index in [4.69, 9.17) is 5.26 Å². The quantitative estimate of drug-likeness (QED) is 0.725. The normalized spacial score (nSPS) is 9.71. The van der Waals surface area contributed by atoms with Gasteiger partial charge in [0.2, 0.25) is 0 Å². The smallest absolute Gasteiger partial charge is 0.100 e. The summed E-state index contributed by atoms with van der Waals surface area (Å²) in [6, 6.07) is 11.8. The molecule has 0 aliphatic rings. The van der Waals surface area contributed by atoms with Crippen molar-refractivity contribution in [1.82, 2.24) is 0 Å².